The Morgan fingerprint density at radius 3 is 2.35 bits per heavy atom. The predicted octanol–water partition coefficient (Wildman–Crippen LogP) is 1.13. The minimum Gasteiger partial charge on any atom is -0.465 e. The number of aromatic nitrogens is 3. The summed E-state index contributed by atoms with van der Waals surface area (Å²) in [6.07, 6.45) is 8.85. The molecule has 5 rings (SSSR count). The van der Waals surface area contributed by atoms with Gasteiger partial charge in [0.25, 0.3) is 5.91 Å². The Labute approximate surface area is 250 Å². The van der Waals surface area contributed by atoms with Crippen LogP contribution in [0.5, 0.6) is 0 Å². The van der Waals surface area contributed by atoms with Gasteiger partial charge in [-0.3, -0.25) is 19.2 Å². The van der Waals surface area contributed by atoms with Crippen LogP contribution < -0.4 is 16.4 Å². The predicted molar refractivity (Wildman–Crippen MR) is 151 cm³/mol. The fourth-order valence-corrected chi connectivity index (χ4v) is 7.88. The zero-order valence-electron chi connectivity index (χ0n) is 24.9. The number of hydrogen-bond donors (Lipinski definition) is 5. The molecule has 3 aliphatic carbocycles. The number of Topliss-reactive ketones (excluding diaryl/α,β-unsaturated/α-hetero) is 1. The van der Waals surface area contributed by atoms with Crippen molar-refractivity contribution in [2.24, 2.45) is 17.1 Å². The first-order valence-corrected chi connectivity index (χ1v) is 15.3. The van der Waals surface area contributed by atoms with Gasteiger partial charge in [0.05, 0.1) is 17.9 Å². The van der Waals surface area contributed by atoms with Gasteiger partial charge < -0.3 is 31.5 Å². The highest BCUT2D eigenvalue weighted by Crippen LogP contribution is 2.60. The maximum Gasteiger partial charge on any atom is 0.405 e. The SMILES string of the molecule is CC(C)(O)c1cnnn1[C@H]1C[C@@H](C(=O)NC2(C(=O)C(N)=O)CC3(CCC3)C2)N(C(=O)C(CC2CCCCC2)NC(=O)O)C1. The third-order valence-electron chi connectivity index (χ3n) is 10.1. The number of carbonyl (C=O) groups is 5. The monoisotopic (exact) mass is 601 g/mol. The summed E-state index contributed by atoms with van der Waals surface area (Å²) in [6, 6.07) is -2.72. The van der Waals surface area contributed by atoms with Gasteiger partial charge in [-0.05, 0) is 57.3 Å². The molecular weight excluding hydrogens is 558 g/mol. The molecule has 1 aromatic rings. The van der Waals surface area contributed by atoms with Gasteiger partial charge in [-0.15, -0.1) is 5.10 Å². The van der Waals surface area contributed by atoms with Crippen molar-refractivity contribution in [2.45, 2.75) is 120 Å². The van der Waals surface area contributed by atoms with Crippen LogP contribution in [0.2, 0.25) is 0 Å². The Bertz CT molecular complexity index is 1270. The molecule has 4 fully saturated rings. The standard InChI is InChI=1S/C29H43N7O7/c1-27(2,43)21-13-31-34-36(21)18-12-20(24(39)33-29(22(37)23(30)38)15-28(16-29)9-6-10-28)35(14-18)25(40)19(32-26(41)42)11-17-7-4-3-5-8-17/h13,17-20,32,43H,3-12,14-16H2,1-2H3,(H2,30,38)(H,33,39)(H,41,42)/t18-,19?,20-/m0/s1. The number of nitrogens with two attached hydrogens (primary N) is 1. The number of aliphatic hydroxyl groups is 1. The van der Waals surface area contributed by atoms with Crippen molar-refractivity contribution >= 4 is 29.6 Å². The molecule has 6 N–H and O–H groups in total. The Morgan fingerprint density at radius 2 is 1.79 bits per heavy atom. The maximum atomic E-state index is 14.1. The molecule has 1 aliphatic heterocycles. The van der Waals surface area contributed by atoms with Crippen LogP contribution in [0.3, 0.4) is 0 Å². The van der Waals surface area contributed by atoms with E-state index in [4.69, 9.17) is 5.73 Å². The van der Waals surface area contributed by atoms with Crippen molar-refractivity contribution in [3.05, 3.63) is 11.9 Å². The minimum absolute atomic E-state index is 0.00648. The van der Waals surface area contributed by atoms with Crippen molar-refractivity contribution in [1.29, 1.82) is 0 Å². The molecule has 14 heteroatoms. The van der Waals surface area contributed by atoms with Gasteiger partial charge in [-0.2, -0.15) is 0 Å². The number of nitrogens with zero attached hydrogens (tertiary/aromatic N) is 4. The molecule has 0 bridgehead atoms. The zero-order chi connectivity index (χ0) is 31.2. The molecule has 2 heterocycles. The second-order valence-corrected chi connectivity index (χ2v) is 13.7. The maximum absolute atomic E-state index is 14.1. The molecule has 43 heavy (non-hydrogen) atoms. The summed E-state index contributed by atoms with van der Waals surface area (Å²) in [6.45, 7) is 3.16. The average molecular weight is 602 g/mol. The molecule has 1 spiro atoms. The molecule has 1 unspecified atom stereocenters. The van der Waals surface area contributed by atoms with E-state index in [0.29, 0.717) is 25.0 Å². The number of hydrogen-bond acceptors (Lipinski definition) is 8. The lowest BCUT2D eigenvalue weighted by Gasteiger charge is -2.60. The third-order valence-corrected chi connectivity index (χ3v) is 10.1. The fourth-order valence-electron chi connectivity index (χ4n) is 7.88. The van der Waals surface area contributed by atoms with E-state index in [0.717, 1.165) is 51.4 Å². The summed E-state index contributed by atoms with van der Waals surface area (Å²) in [5.74, 6) is -2.96. The van der Waals surface area contributed by atoms with Crippen molar-refractivity contribution in [3.8, 4) is 0 Å². The highest BCUT2D eigenvalue weighted by atomic mass is 16.4. The average Bonchev–Trinajstić information content (AvgIpc) is 3.56. The normalized spacial score (nSPS) is 25.3. The fraction of sp³-hybridized carbons (Fsp3) is 0.759. The van der Waals surface area contributed by atoms with E-state index in [-0.39, 0.29) is 24.3 Å². The molecular formula is C29H43N7O7. The lowest BCUT2D eigenvalue weighted by atomic mass is 9.47. The Balaban J connectivity index is 1.43. The Morgan fingerprint density at radius 1 is 1.12 bits per heavy atom. The van der Waals surface area contributed by atoms with Crippen LogP contribution in [0.15, 0.2) is 6.20 Å². The van der Waals surface area contributed by atoms with Crippen LogP contribution in [0.25, 0.3) is 0 Å². The van der Waals surface area contributed by atoms with E-state index in [1.807, 2.05) is 0 Å². The van der Waals surface area contributed by atoms with Crippen molar-refractivity contribution in [3.63, 3.8) is 0 Å². The molecule has 3 saturated carbocycles. The number of rotatable bonds is 10. The molecule has 1 saturated heterocycles. The van der Waals surface area contributed by atoms with Gasteiger partial charge in [0.15, 0.2) is 0 Å². The van der Waals surface area contributed by atoms with Gasteiger partial charge >= 0.3 is 6.09 Å². The molecule has 4 amide bonds. The largest absolute Gasteiger partial charge is 0.465 e. The van der Waals surface area contributed by atoms with Crippen molar-refractivity contribution in [1.82, 2.24) is 30.5 Å². The molecule has 0 radical (unpaired) electrons. The highest BCUT2D eigenvalue weighted by molar-refractivity contribution is 6.39. The first-order valence-electron chi connectivity index (χ1n) is 15.3. The molecule has 1 aromatic heterocycles. The van der Waals surface area contributed by atoms with Crippen LogP contribution in [-0.2, 0) is 24.8 Å². The second kappa shape index (κ2) is 11.5. The number of carbonyl (C=O) groups excluding carboxylic acids is 4. The molecule has 236 valence electrons. The summed E-state index contributed by atoms with van der Waals surface area (Å²) in [5.41, 5.74) is 2.95. The van der Waals surface area contributed by atoms with Gasteiger partial charge in [0, 0.05) is 13.0 Å². The van der Waals surface area contributed by atoms with Crippen molar-refractivity contribution < 1.29 is 34.2 Å². The van der Waals surface area contributed by atoms with E-state index in [2.05, 4.69) is 20.9 Å². The van der Waals surface area contributed by atoms with E-state index in [9.17, 15) is 34.2 Å². The number of likely N-dealkylation sites (tertiary alicyclic amines) is 1. The number of ketones is 1. The molecule has 3 atom stereocenters. The smallest absolute Gasteiger partial charge is 0.405 e. The van der Waals surface area contributed by atoms with Crippen LogP contribution in [0.1, 0.15) is 103 Å². The van der Waals surface area contributed by atoms with Crippen LogP contribution in [-0.4, -0.2) is 83.9 Å². The van der Waals surface area contributed by atoms with Crippen LogP contribution >= 0.6 is 0 Å². The third kappa shape index (κ3) is 6.11. The number of primary amides is 1. The Hall–Kier alpha value is -3.55. The van der Waals surface area contributed by atoms with E-state index in [1.54, 1.807) is 13.8 Å². The van der Waals surface area contributed by atoms with Gasteiger partial charge in [0.2, 0.25) is 17.6 Å². The number of nitrogens with one attached hydrogen (secondary N) is 2. The summed E-state index contributed by atoms with van der Waals surface area (Å²) in [5, 5.41) is 33.6. The second-order valence-electron chi connectivity index (χ2n) is 13.7. The number of amides is 4. The number of carboxylic acid groups (broad SMARTS) is 1. The van der Waals surface area contributed by atoms with E-state index in [1.165, 1.54) is 15.8 Å². The van der Waals surface area contributed by atoms with Crippen LogP contribution in [0.4, 0.5) is 4.79 Å². The molecule has 0 aromatic carbocycles. The molecule has 14 nitrogen and oxygen atoms in total. The zero-order valence-corrected chi connectivity index (χ0v) is 24.9. The first kappa shape index (κ1) is 30.9. The van der Waals surface area contributed by atoms with Crippen LogP contribution in [0, 0.1) is 11.3 Å². The quantitative estimate of drug-likeness (QED) is 0.243. The highest BCUT2D eigenvalue weighted by Gasteiger charge is 2.63. The summed E-state index contributed by atoms with van der Waals surface area (Å²) < 4.78 is 1.49. The summed E-state index contributed by atoms with van der Waals surface area (Å²) >= 11 is 0. The first-order chi connectivity index (χ1) is 20.2. The van der Waals surface area contributed by atoms with Gasteiger partial charge in [0.1, 0.15) is 23.2 Å². The topological polar surface area (TPSA) is 210 Å². The Kier molecular flexibility index (Phi) is 8.27. The van der Waals surface area contributed by atoms with Gasteiger partial charge in [-0.1, -0.05) is 43.7 Å². The minimum atomic E-state index is -1.43. The summed E-state index contributed by atoms with van der Waals surface area (Å²) in [4.78, 5) is 66.2. The van der Waals surface area contributed by atoms with E-state index < -0.39 is 58.9 Å². The van der Waals surface area contributed by atoms with Gasteiger partial charge in [-0.25, -0.2) is 9.48 Å². The summed E-state index contributed by atoms with van der Waals surface area (Å²) in [7, 11) is 0. The molecule has 4 aliphatic rings. The lowest BCUT2D eigenvalue weighted by molar-refractivity contribution is -0.156. The lowest BCUT2D eigenvalue weighted by Crippen LogP contribution is -2.71. The van der Waals surface area contributed by atoms with E-state index >= 15 is 0 Å². The van der Waals surface area contributed by atoms with Crippen molar-refractivity contribution in [2.75, 3.05) is 6.54 Å².